The molecule has 4 rings (SSSR count). The zero-order valence-electron chi connectivity index (χ0n) is 19.1. The average molecular weight is 494 g/mol. The van der Waals surface area contributed by atoms with Gasteiger partial charge in [0.05, 0.1) is 28.2 Å². The molecule has 0 spiro atoms. The zero-order valence-corrected chi connectivity index (χ0v) is 19.9. The lowest BCUT2D eigenvalue weighted by atomic mass is 9.97. The number of benzene rings is 2. The van der Waals surface area contributed by atoms with Crippen molar-refractivity contribution in [1.82, 2.24) is 15.1 Å². The van der Waals surface area contributed by atoms with Gasteiger partial charge in [-0.2, -0.15) is 13.9 Å². The van der Waals surface area contributed by atoms with Crippen LogP contribution < -0.4 is 10.1 Å². The minimum Gasteiger partial charge on any atom is -0.435 e. The third kappa shape index (κ3) is 4.62. The quantitative estimate of drug-likeness (QED) is 0.546. The number of hydrogen-bond acceptors (Lipinski definition) is 6. The monoisotopic (exact) mass is 493 g/mol. The molecule has 1 aromatic heterocycles. The van der Waals surface area contributed by atoms with E-state index in [4.69, 9.17) is 0 Å². The molecule has 1 saturated heterocycles. The molecular formula is C23H25F2N3O5S. The molecule has 0 radical (unpaired) electrons. The van der Waals surface area contributed by atoms with Gasteiger partial charge in [-0.3, -0.25) is 4.79 Å². The highest BCUT2D eigenvalue weighted by Gasteiger charge is 2.45. The predicted octanol–water partition coefficient (Wildman–Crippen LogP) is 3.08. The average Bonchev–Trinajstić information content (AvgIpc) is 3.06. The van der Waals surface area contributed by atoms with E-state index in [0.717, 1.165) is 0 Å². The second-order valence-electron chi connectivity index (χ2n) is 9.43. The molecule has 2 aromatic carbocycles. The van der Waals surface area contributed by atoms with Crippen molar-refractivity contribution < 1.29 is 31.8 Å². The molecule has 1 amide bonds. The summed E-state index contributed by atoms with van der Waals surface area (Å²) in [6.07, 6.45) is 0. The van der Waals surface area contributed by atoms with Crippen molar-refractivity contribution >= 4 is 26.6 Å². The first kappa shape index (κ1) is 24.1. The van der Waals surface area contributed by atoms with E-state index in [9.17, 15) is 27.1 Å². The number of amides is 1. The van der Waals surface area contributed by atoms with Gasteiger partial charge in [-0.15, -0.1) is 0 Å². The van der Waals surface area contributed by atoms with Gasteiger partial charge in [-0.1, -0.05) is 6.07 Å². The van der Waals surface area contributed by atoms with Gasteiger partial charge in [0.25, 0.3) is 5.91 Å². The number of fused-ring (bicyclic) bond motifs is 1. The predicted molar refractivity (Wildman–Crippen MR) is 122 cm³/mol. The zero-order chi connectivity index (χ0) is 25.1. The van der Waals surface area contributed by atoms with Crippen LogP contribution in [0.15, 0.2) is 36.4 Å². The second-order valence-corrected chi connectivity index (χ2v) is 11.5. The molecule has 0 atom stereocenters. The first-order valence-corrected chi connectivity index (χ1v) is 12.3. The number of sulfone groups is 1. The number of aryl methyl sites for hydroxylation is 1. The van der Waals surface area contributed by atoms with Crippen LogP contribution in [-0.2, 0) is 15.4 Å². The fourth-order valence-electron chi connectivity index (χ4n) is 4.35. The molecule has 0 bridgehead atoms. The van der Waals surface area contributed by atoms with Crippen LogP contribution in [0.2, 0.25) is 0 Å². The molecule has 182 valence electrons. The Kier molecular flexibility index (Phi) is 5.68. The molecule has 2 heterocycles. The summed E-state index contributed by atoms with van der Waals surface area (Å²) in [5.41, 5.74) is 0.0282. The number of nitrogens with one attached hydrogen (secondary N) is 1. The SMILES string of the molecule is Cc1cc(C(=O)NC2(C)CS(=O)(=O)C2)cc2c(C(C)(C)O)nn(-c3cccc(OC(F)F)c3)c12. The van der Waals surface area contributed by atoms with Crippen LogP contribution in [0, 0.1) is 6.92 Å². The van der Waals surface area contributed by atoms with Gasteiger partial charge < -0.3 is 15.2 Å². The molecule has 1 aliphatic rings. The van der Waals surface area contributed by atoms with E-state index in [1.165, 1.54) is 16.8 Å². The lowest BCUT2D eigenvalue weighted by Crippen LogP contribution is -2.63. The Morgan fingerprint density at radius 1 is 1.26 bits per heavy atom. The molecule has 0 aliphatic carbocycles. The minimum atomic E-state index is -3.14. The maximum atomic E-state index is 13.0. The number of nitrogens with zero attached hydrogens (tertiary/aromatic N) is 2. The van der Waals surface area contributed by atoms with Gasteiger partial charge in [0, 0.05) is 17.0 Å². The van der Waals surface area contributed by atoms with Gasteiger partial charge in [0.1, 0.15) is 17.0 Å². The molecule has 11 heteroatoms. The molecule has 2 N–H and O–H groups in total. The summed E-state index contributed by atoms with van der Waals surface area (Å²) < 4.78 is 54.6. The molecular weight excluding hydrogens is 468 g/mol. The third-order valence-electron chi connectivity index (χ3n) is 5.59. The summed E-state index contributed by atoms with van der Waals surface area (Å²) in [4.78, 5) is 13.0. The Bertz CT molecular complexity index is 1380. The van der Waals surface area contributed by atoms with E-state index >= 15 is 0 Å². The normalized spacial score (nSPS) is 16.9. The lowest BCUT2D eigenvalue weighted by Gasteiger charge is -2.38. The van der Waals surface area contributed by atoms with E-state index in [1.807, 2.05) is 0 Å². The number of hydrogen-bond donors (Lipinski definition) is 2. The molecule has 0 unspecified atom stereocenters. The highest BCUT2D eigenvalue weighted by molar-refractivity contribution is 7.93. The van der Waals surface area contributed by atoms with Crippen LogP contribution in [0.3, 0.4) is 0 Å². The molecule has 1 fully saturated rings. The molecule has 0 saturated carbocycles. The van der Waals surface area contributed by atoms with Gasteiger partial charge in [-0.25, -0.2) is 13.1 Å². The van der Waals surface area contributed by atoms with Crippen molar-refractivity contribution in [3.63, 3.8) is 0 Å². The maximum absolute atomic E-state index is 13.0. The number of carbonyl (C=O) groups is 1. The van der Waals surface area contributed by atoms with Crippen molar-refractivity contribution in [2.45, 2.75) is 45.4 Å². The van der Waals surface area contributed by atoms with Crippen LogP contribution in [0.25, 0.3) is 16.6 Å². The van der Waals surface area contributed by atoms with Crippen molar-refractivity contribution in [2.75, 3.05) is 11.5 Å². The van der Waals surface area contributed by atoms with E-state index in [-0.39, 0.29) is 28.5 Å². The van der Waals surface area contributed by atoms with Gasteiger partial charge in [0.2, 0.25) is 0 Å². The highest BCUT2D eigenvalue weighted by Crippen LogP contribution is 2.33. The van der Waals surface area contributed by atoms with E-state index in [0.29, 0.717) is 22.2 Å². The van der Waals surface area contributed by atoms with Crippen LogP contribution in [0.4, 0.5) is 8.78 Å². The van der Waals surface area contributed by atoms with E-state index in [2.05, 4.69) is 15.2 Å². The smallest absolute Gasteiger partial charge is 0.387 e. The Labute approximate surface area is 195 Å². The topological polar surface area (TPSA) is 111 Å². The van der Waals surface area contributed by atoms with Crippen LogP contribution >= 0.6 is 0 Å². The van der Waals surface area contributed by atoms with Crippen LogP contribution in [0.1, 0.15) is 42.4 Å². The Morgan fingerprint density at radius 3 is 2.53 bits per heavy atom. The summed E-state index contributed by atoms with van der Waals surface area (Å²) in [6, 6.07) is 9.25. The number of alkyl halides is 2. The van der Waals surface area contributed by atoms with Gasteiger partial charge >= 0.3 is 6.61 Å². The van der Waals surface area contributed by atoms with Crippen molar-refractivity contribution in [3.05, 3.63) is 53.2 Å². The number of rotatable bonds is 6. The summed E-state index contributed by atoms with van der Waals surface area (Å²) in [5.74, 6) is -0.740. The van der Waals surface area contributed by atoms with Crippen molar-refractivity contribution in [1.29, 1.82) is 0 Å². The van der Waals surface area contributed by atoms with E-state index in [1.54, 1.807) is 52.0 Å². The molecule has 8 nitrogen and oxygen atoms in total. The van der Waals surface area contributed by atoms with Crippen LogP contribution in [-0.4, -0.2) is 52.9 Å². The largest absolute Gasteiger partial charge is 0.435 e. The summed E-state index contributed by atoms with van der Waals surface area (Å²) >= 11 is 0. The fraction of sp³-hybridized carbons (Fsp3) is 0.391. The van der Waals surface area contributed by atoms with Crippen LogP contribution in [0.5, 0.6) is 5.75 Å². The number of aromatic nitrogens is 2. The number of aliphatic hydroxyl groups is 1. The van der Waals surface area contributed by atoms with E-state index < -0.39 is 33.5 Å². The summed E-state index contributed by atoms with van der Waals surface area (Å²) in [7, 11) is -3.14. The standard InChI is InChI=1S/C23H25F2N3O5S/c1-13-8-14(20(29)26-23(4)11-34(31,32)12-23)9-17-18(13)28(27-19(17)22(2,3)30)15-6-5-7-16(10-15)33-21(24)25/h5-10,21,30H,11-12H2,1-4H3,(H,26,29). The minimum absolute atomic E-state index is 0.0432. The molecule has 1 aliphatic heterocycles. The third-order valence-corrected chi connectivity index (χ3v) is 7.74. The summed E-state index contributed by atoms with van der Waals surface area (Å²) in [5, 5.41) is 18.6. The Morgan fingerprint density at radius 2 is 1.94 bits per heavy atom. The highest BCUT2D eigenvalue weighted by atomic mass is 32.2. The maximum Gasteiger partial charge on any atom is 0.387 e. The number of carbonyl (C=O) groups excluding carboxylic acids is 1. The van der Waals surface area contributed by atoms with Gasteiger partial charge in [0.15, 0.2) is 9.84 Å². The number of ether oxygens (including phenoxy) is 1. The number of halogens is 2. The first-order valence-electron chi connectivity index (χ1n) is 10.5. The van der Waals surface area contributed by atoms with Crippen molar-refractivity contribution in [2.24, 2.45) is 0 Å². The Balaban J connectivity index is 1.81. The first-order chi connectivity index (χ1) is 15.7. The fourth-order valence-corrected chi connectivity index (χ4v) is 6.35. The Hall–Kier alpha value is -3.05. The van der Waals surface area contributed by atoms with Gasteiger partial charge in [-0.05, 0) is 57.5 Å². The lowest BCUT2D eigenvalue weighted by molar-refractivity contribution is -0.0498. The molecule has 34 heavy (non-hydrogen) atoms. The second kappa shape index (κ2) is 8.02. The summed E-state index contributed by atoms with van der Waals surface area (Å²) in [6.45, 7) is 3.56. The molecule has 3 aromatic rings. The van der Waals surface area contributed by atoms with Crippen molar-refractivity contribution in [3.8, 4) is 11.4 Å².